The molecule has 0 atom stereocenters. The van der Waals surface area contributed by atoms with Gasteiger partial charge in [-0.1, -0.05) is 12.1 Å². The summed E-state index contributed by atoms with van der Waals surface area (Å²) in [4.78, 5) is 0.112. The van der Waals surface area contributed by atoms with Crippen molar-refractivity contribution in [2.45, 2.75) is 11.4 Å². The molecule has 2 rings (SSSR count). The molecule has 2 aromatic carbocycles. The van der Waals surface area contributed by atoms with Crippen LogP contribution in [0.2, 0.25) is 0 Å². The van der Waals surface area contributed by atoms with Crippen LogP contribution >= 0.6 is 15.9 Å². The van der Waals surface area contributed by atoms with E-state index in [1.54, 1.807) is 25.3 Å². The number of hydrogen-bond acceptors (Lipinski definition) is 5. The number of nitrogens with zero attached hydrogens (tertiary/aromatic N) is 1. The molecule has 0 aromatic heterocycles. The lowest BCUT2D eigenvalue weighted by molar-refractivity contribution is 0.353. The van der Waals surface area contributed by atoms with Crippen molar-refractivity contribution in [1.82, 2.24) is 4.31 Å². The molecule has 2 aromatic rings. The van der Waals surface area contributed by atoms with Gasteiger partial charge in [-0.3, -0.25) is 0 Å². The van der Waals surface area contributed by atoms with Crippen molar-refractivity contribution in [2.75, 3.05) is 28.4 Å². The molecule has 0 radical (unpaired) electrons. The van der Waals surface area contributed by atoms with Crippen LogP contribution in [0, 0.1) is 0 Å². The van der Waals surface area contributed by atoms with E-state index in [0.717, 1.165) is 11.3 Å². The monoisotopic (exact) mass is 429 g/mol. The number of hydrogen-bond donors (Lipinski definition) is 0. The maximum absolute atomic E-state index is 12.9. The van der Waals surface area contributed by atoms with Gasteiger partial charge in [-0.25, -0.2) is 8.42 Å². The van der Waals surface area contributed by atoms with Crippen LogP contribution in [0.3, 0.4) is 0 Å². The van der Waals surface area contributed by atoms with Gasteiger partial charge in [0.2, 0.25) is 10.0 Å². The van der Waals surface area contributed by atoms with E-state index in [0.29, 0.717) is 16.0 Å². The Morgan fingerprint density at radius 2 is 1.52 bits per heavy atom. The average molecular weight is 430 g/mol. The van der Waals surface area contributed by atoms with Crippen LogP contribution in [-0.2, 0) is 16.6 Å². The zero-order valence-electron chi connectivity index (χ0n) is 14.4. The summed E-state index contributed by atoms with van der Waals surface area (Å²) in [7, 11) is 2.35. The van der Waals surface area contributed by atoms with Gasteiger partial charge in [0.05, 0.1) is 21.3 Å². The fourth-order valence-electron chi connectivity index (χ4n) is 2.27. The summed E-state index contributed by atoms with van der Waals surface area (Å²) < 4.78 is 43.0. The second kappa shape index (κ2) is 8.07. The lowest BCUT2D eigenvalue weighted by atomic mass is 10.2. The third-order valence-corrected chi connectivity index (χ3v) is 6.45. The molecule has 0 fully saturated rings. The first-order valence-corrected chi connectivity index (χ1v) is 9.57. The average Bonchev–Trinajstić information content (AvgIpc) is 2.61. The Morgan fingerprint density at radius 3 is 2.04 bits per heavy atom. The summed E-state index contributed by atoms with van der Waals surface area (Å²) in [5.74, 6) is 1.52. The van der Waals surface area contributed by atoms with E-state index in [4.69, 9.17) is 14.2 Å². The van der Waals surface area contributed by atoms with E-state index in [9.17, 15) is 8.42 Å². The Hall–Kier alpha value is -1.77. The van der Waals surface area contributed by atoms with Crippen molar-refractivity contribution in [3.8, 4) is 17.2 Å². The molecule has 0 aliphatic carbocycles. The fraction of sp³-hybridized carbons (Fsp3) is 0.294. The summed E-state index contributed by atoms with van der Waals surface area (Å²) in [6, 6.07) is 10.3. The van der Waals surface area contributed by atoms with Crippen LogP contribution in [0.1, 0.15) is 5.56 Å². The molecule has 8 heteroatoms. The largest absolute Gasteiger partial charge is 0.497 e. The summed E-state index contributed by atoms with van der Waals surface area (Å²) in [6.45, 7) is 0.229. The van der Waals surface area contributed by atoms with Crippen LogP contribution < -0.4 is 14.2 Å². The van der Waals surface area contributed by atoms with Gasteiger partial charge in [0.1, 0.15) is 10.6 Å². The standard InChI is InChI=1S/C17H20BrNO5S/c1-19(11-12-5-7-13(22-2)8-6-12)25(20,21)17-10-16(24-4)15(23-3)9-14(17)18/h5-10H,11H2,1-4H3. The first-order chi connectivity index (χ1) is 11.8. The molecule has 25 heavy (non-hydrogen) atoms. The predicted octanol–water partition coefficient (Wildman–Crippen LogP) is 3.30. The third kappa shape index (κ3) is 4.26. The number of sulfonamides is 1. The van der Waals surface area contributed by atoms with Crippen molar-refractivity contribution < 1.29 is 22.6 Å². The number of rotatable bonds is 7. The maximum Gasteiger partial charge on any atom is 0.244 e. The molecular weight excluding hydrogens is 410 g/mol. The minimum atomic E-state index is -3.72. The third-order valence-electron chi connectivity index (χ3n) is 3.69. The highest BCUT2D eigenvalue weighted by Gasteiger charge is 2.26. The van der Waals surface area contributed by atoms with E-state index in [-0.39, 0.29) is 11.4 Å². The summed E-state index contributed by atoms with van der Waals surface area (Å²) >= 11 is 3.30. The lowest BCUT2D eigenvalue weighted by Gasteiger charge is -2.19. The molecule has 0 amide bonds. The second-order valence-electron chi connectivity index (χ2n) is 5.25. The first kappa shape index (κ1) is 19.6. The molecule has 6 nitrogen and oxygen atoms in total. The number of benzene rings is 2. The number of halogens is 1. The predicted molar refractivity (Wildman–Crippen MR) is 98.9 cm³/mol. The van der Waals surface area contributed by atoms with E-state index in [1.165, 1.54) is 31.6 Å². The zero-order valence-corrected chi connectivity index (χ0v) is 16.8. The Bertz CT molecular complexity index is 837. The van der Waals surface area contributed by atoms with Gasteiger partial charge in [0.25, 0.3) is 0 Å². The lowest BCUT2D eigenvalue weighted by Crippen LogP contribution is -2.26. The Balaban J connectivity index is 2.33. The molecule has 0 N–H and O–H groups in total. The van der Waals surface area contributed by atoms with Crippen LogP contribution in [0.5, 0.6) is 17.2 Å². The number of ether oxygens (including phenoxy) is 3. The minimum absolute atomic E-state index is 0.112. The minimum Gasteiger partial charge on any atom is -0.497 e. The quantitative estimate of drug-likeness (QED) is 0.675. The smallest absolute Gasteiger partial charge is 0.244 e. The molecule has 0 bridgehead atoms. The summed E-state index contributed by atoms with van der Waals surface area (Å²) in [5, 5.41) is 0. The van der Waals surface area contributed by atoms with Crippen LogP contribution in [0.4, 0.5) is 0 Å². The molecule has 0 saturated carbocycles. The molecule has 0 saturated heterocycles. The molecule has 0 aliphatic rings. The highest BCUT2D eigenvalue weighted by molar-refractivity contribution is 9.10. The van der Waals surface area contributed by atoms with Gasteiger partial charge in [-0.2, -0.15) is 4.31 Å². The Kier molecular flexibility index (Phi) is 6.31. The Morgan fingerprint density at radius 1 is 0.960 bits per heavy atom. The zero-order chi connectivity index (χ0) is 18.6. The molecule has 0 unspecified atom stereocenters. The molecule has 0 heterocycles. The highest BCUT2D eigenvalue weighted by Crippen LogP contribution is 2.36. The Labute approximate surface area is 156 Å². The van der Waals surface area contributed by atoms with Gasteiger partial charge >= 0.3 is 0 Å². The van der Waals surface area contributed by atoms with Crippen LogP contribution in [0.15, 0.2) is 45.8 Å². The van der Waals surface area contributed by atoms with E-state index >= 15 is 0 Å². The number of methoxy groups -OCH3 is 3. The van der Waals surface area contributed by atoms with Crippen molar-refractivity contribution in [3.63, 3.8) is 0 Å². The van der Waals surface area contributed by atoms with Gasteiger partial charge < -0.3 is 14.2 Å². The highest BCUT2D eigenvalue weighted by atomic mass is 79.9. The fourth-order valence-corrected chi connectivity index (χ4v) is 4.43. The van der Waals surface area contributed by atoms with Crippen molar-refractivity contribution >= 4 is 26.0 Å². The van der Waals surface area contributed by atoms with E-state index in [1.807, 2.05) is 12.1 Å². The normalized spacial score (nSPS) is 11.4. The van der Waals surface area contributed by atoms with Crippen LogP contribution in [-0.4, -0.2) is 41.1 Å². The van der Waals surface area contributed by atoms with Gasteiger partial charge in [0, 0.05) is 24.1 Å². The molecule has 136 valence electrons. The van der Waals surface area contributed by atoms with Gasteiger partial charge in [-0.05, 0) is 39.7 Å². The topological polar surface area (TPSA) is 65.1 Å². The SMILES string of the molecule is COc1ccc(CN(C)S(=O)(=O)c2cc(OC)c(OC)cc2Br)cc1. The van der Waals surface area contributed by atoms with Gasteiger partial charge in [0.15, 0.2) is 11.5 Å². The van der Waals surface area contributed by atoms with Crippen molar-refractivity contribution in [2.24, 2.45) is 0 Å². The van der Waals surface area contributed by atoms with Crippen molar-refractivity contribution in [3.05, 3.63) is 46.4 Å². The van der Waals surface area contributed by atoms with E-state index < -0.39 is 10.0 Å². The summed E-state index contributed by atoms with van der Waals surface area (Å²) in [5.41, 5.74) is 0.850. The van der Waals surface area contributed by atoms with Gasteiger partial charge in [-0.15, -0.1) is 0 Å². The summed E-state index contributed by atoms with van der Waals surface area (Å²) in [6.07, 6.45) is 0. The molecular formula is C17H20BrNO5S. The molecule has 0 spiro atoms. The molecule has 0 aliphatic heterocycles. The second-order valence-corrected chi connectivity index (χ2v) is 8.11. The maximum atomic E-state index is 12.9. The van der Waals surface area contributed by atoms with Crippen LogP contribution in [0.25, 0.3) is 0 Å². The first-order valence-electron chi connectivity index (χ1n) is 7.34. The van der Waals surface area contributed by atoms with E-state index in [2.05, 4.69) is 15.9 Å². The van der Waals surface area contributed by atoms with Crippen molar-refractivity contribution in [1.29, 1.82) is 0 Å².